The lowest BCUT2D eigenvalue weighted by Gasteiger charge is -2.40. The van der Waals surface area contributed by atoms with Gasteiger partial charge in [-0.2, -0.15) is 0 Å². The van der Waals surface area contributed by atoms with Gasteiger partial charge < -0.3 is 14.6 Å². The van der Waals surface area contributed by atoms with Crippen LogP contribution in [0.2, 0.25) is 0 Å². The average Bonchev–Trinajstić information content (AvgIpc) is 2.59. The van der Waals surface area contributed by atoms with Crippen molar-refractivity contribution in [3.8, 4) is 5.75 Å². The first-order chi connectivity index (χ1) is 12.1. The molecule has 0 radical (unpaired) electrons. The molecule has 1 unspecified atom stereocenters. The number of hydrogen-bond acceptors (Lipinski definition) is 6. The molecule has 26 heavy (non-hydrogen) atoms. The molecule has 144 valence electrons. The Kier molecular flexibility index (Phi) is 7.10. The third-order valence-electron chi connectivity index (χ3n) is 4.21. The number of hydrogen-bond donors (Lipinski definition) is 1. The number of methoxy groups -OCH3 is 1. The third-order valence-corrected chi connectivity index (χ3v) is 6.76. The summed E-state index contributed by atoms with van der Waals surface area (Å²) in [7, 11) is -2.16. The molecule has 1 aliphatic heterocycles. The van der Waals surface area contributed by atoms with E-state index >= 15 is 0 Å². The molecule has 1 fully saturated rings. The number of carbonyl (C=O) groups excluding carboxylic acids is 2. The first kappa shape index (κ1) is 21.2. The van der Waals surface area contributed by atoms with Crippen molar-refractivity contribution in [1.82, 2.24) is 5.32 Å². The van der Waals surface area contributed by atoms with E-state index in [-0.39, 0.29) is 31.6 Å². The molecule has 2 rings (SSSR count). The lowest BCUT2D eigenvalue weighted by molar-refractivity contribution is -0.140. The first-order valence-electron chi connectivity index (χ1n) is 8.18. The Morgan fingerprint density at radius 2 is 2.00 bits per heavy atom. The van der Waals surface area contributed by atoms with Gasteiger partial charge in [0.25, 0.3) is 0 Å². The molecule has 1 N–H and O–H groups in total. The lowest BCUT2D eigenvalue weighted by Crippen LogP contribution is -2.46. The van der Waals surface area contributed by atoms with Crippen molar-refractivity contribution in [1.29, 1.82) is 0 Å². The summed E-state index contributed by atoms with van der Waals surface area (Å²) in [5.74, 6) is -0.778. The molecule has 9 heteroatoms. The van der Waals surface area contributed by atoms with Gasteiger partial charge in [-0.1, -0.05) is 13.8 Å². The van der Waals surface area contributed by atoms with Crippen LogP contribution in [0.15, 0.2) is 24.3 Å². The number of carbonyl (C=O) groups is 2. The summed E-state index contributed by atoms with van der Waals surface area (Å²) < 4.78 is 29.7. The maximum atomic E-state index is 13.0. The lowest BCUT2D eigenvalue weighted by atomic mass is 9.80. The van der Waals surface area contributed by atoms with Gasteiger partial charge in [-0.05, 0) is 46.9 Å². The van der Waals surface area contributed by atoms with Gasteiger partial charge in [0.1, 0.15) is 5.75 Å². The summed E-state index contributed by atoms with van der Waals surface area (Å²) in [5.41, 5.74) is -0.501. The van der Waals surface area contributed by atoms with Gasteiger partial charge in [0.15, 0.2) is 0 Å². The summed E-state index contributed by atoms with van der Waals surface area (Å²) >= 11 is 2.17. The number of benzene rings is 1. The minimum absolute atomic E-state index is 0.0178. The SMILES string of the molecule is COC(=O)CCNC(=O)[C@@H]1CP(=O)(Oc2ccc(I)cc2)OCC1(C)C. The second-order valence-corrected chi connectivity index (χ2v) is 10.0. The summed E-state index contributed by atoms with van der Waals surface area (Å²) in [5, 5.41) is 2.71. The van der Waals surface area contributed by atoms with Crippen LogP contribution in [0, 0.1) is 14.9 Å². The van der Waals surface area contributed by atoms with E-state index in [1.807, 2.05) is 26.0 Å². The fourth-order valence-corrected chi connectivity index (χ4v) is 5.23. The van der Waals surface area contributed by atoms with Crippen LogP contribution in [-0.4, -0.2) is 38.3 Å². The van der Waals surface area contributed by atoms with Gasteiger partial charge in [0.05, 0.1) is 32.2 Å². The summed E-state index contributed by atoms with van der Waals surface area (Å²) in [6, 6.07) is 7.12. The topological polar surface area (TPSA) is 90.9 Å². The Morgan fingerprint density at radius 1 is 1.35 bits per heavy atom. The number of rotatable bonds is 6. The predicted molar refractivity (Wildman–Crippen MR) is 105 cm³/mol. The van der Waals surface area contributed by atoms with Gasteiger partial charge >= 0.3 is 13.6 Å². The van der Waals surface area contributed by atoms with Crippen molar-refractivity contribution in [2.75, 3.05) is 26.4 Å². The van der Waals surface area contributed by atoms with Gasteiger partial charge in [-0.3, -0.25) is 14.1 Å². The molecule has 0 aliphatic carbocycles. The first-order valence-corrected chi connectivity index (χ1v) is 11.0. The Bertz CT molecular complexity index is 706. The fraction of sp³-hybridized carbons (Fsp3) is 0.529. The van der Waals surface area contributed by atoms with E-state index < -0.39 is 24.9 Å². The second kappa shape index (κ2) is 8.71. The number of nitrogens with one attached hydrogen (secondary N) is 1. The molecule has 0 spiro atoms. The molecule has 0 bridgehead atoms. The summed E-state index contributed by atoms with van der Waals surface area (Å²) in [4.78, 5) is 23.7. The molecule has 2 atom stereocenters. The molecular weight excluding hydrogens is 472 g/mol. The molecule has 1 aromatic carbocycles. The van der Waals surface area contributed by atoms with Crippen molar-refractivity contribution in [2.45, 2.75) is 20.3 Å². The highest BCUT2D eigenvalue weighted by Gasteiger charge is 2.48. The van der Waals surface area contributed by atoms with E-state index in [0.717, 1.165) is 3.57 Å². The van der Waals surface area contributed by atoms with Crippen LogP contribution in [-0.2, 0) is 23.4 Å². The van der Waals surface area contributed by atoms with Crippen molar-refractivity contribution in [3.05, 3.63) is 27.8 Å². The number of ether oxygens (including phenoxy) is 1. The van der Waals surface area contributed by atoms with Gasteiger partial charge in [-0.15, -0.1) is 0 Å². The quantitative estimate of drug-likeness (QED) is 0.371. The van der Waals surface area contributed by atoms with Crippen LogP contribution in [0.25, 0.3) is 0 Å². The van der Waals surface area contributed by atoms with Crippen LogP contribution < -0.4 is 9.84 Å². The minimum Gasteiger partial charge on any atom is -0.469 e. The molecule has 0 aromatic heterocycles. The van der Waals surface area contributed by atoms with E-state index in [1.165, 1.54) is 7.11 Å². The van der Waals surface area contributed by atoms with E-state index in [0.29, 0.717) is 5.75 Å². The molecule has 1 aromatic rings. The maximum Gasteiger partial charge on any atom is 0.380 e. The van der Waals surface area contributed by atoms with Gasteiger partial charge in [0, 0.05) is 15.5 Å². The molecule has 1 heterocycles. The van der Waals surface area contributed by atoms with Gasteiger partial charge in [0.2, 0.25) is 5.91 Å². The second-order valence-electron chi connectivity index (χ2n) is 6.77. The van der Waals surface area contributed by atoms with Crippen LogP contribution >= 0.6 is 30.2 Å². The highest BCUT2D eigenvalue weighted by molar-refractivity contribution is 14.1. The Balaban J connectivity index is 2.04. The zero-order chi connectivity index (χ0) is 19.4. The molecule has 1 amide bonds. The highest BCUT2D eigenvalue weighted by atomic mass is 127. The zero-order valence-electron chi connectivity index (χ0n) is 15.0. The Labute approximate surface area is 166 Å². The monoisotopic (exact) mass is 495 g/mol. The fourth-order valence-electron chi connectivity index (χ4n) is 2.56. The molecule has 7 nitrogen and oxygen atoms in total. The molecule has 0 saturated carbocycles. The van der Waals surface area contributed by atoms with Crippen molar-refractivity contribution >= 4 is 42.1 Å². The highest BCUT2D eigenvalue weighted by Crippen LogP contribution is 2.57. The van der Waals surface area contributed by atoms with Crippen LogP contribution in [0.3, 0.4) is 0 Å². The minimum atomic E-state index is -3.45. The zero-order valence-corrected chi connectivity index (χ0v) is 18.0. The summed E-state index contributed by atoms with van der Waals surface area (Å²) in [6.45, 7) is 4.07. The van der Waals surface area contributed by atoms with Crippen molar-refractivity contribution < 1.29 is 27.9 Å². The normalized spacial score (nSPS) is 24.5. The standard InChI is InChI=1S/C17H23INO6P/c1-17(2)11-24-26(22,25-13-6-4-12(18)5-7-13)10-14(17)16(21)19-9-8-15(20)23-3/h4-7,14H,8-11H2,1-3H3,(H,19,21)/t14-,26?/m0/s1. The van der Waals surface area contributed by atoms with Gasteiger partial charge in [-0.25, -0.2) is 4.57 Å². The van der Waals surface area contributed by atoms with E-state index in [4.69, 9.17) is 9.05 Å². The van der Waals surface area contributed by atoms with Crippen LogP contribution in [0.4, 0.5) is 0 Å². The number of amides is 1. The van der Waals surface area contributed by atoms with Crippen molar-refractivity contribution in [2.24, 2.45) is 11.3 Å². The summed E-state index contributed by atoms with van der Waals surface area (Å²) in [6.07, 6.45) is 0.0682. The maximum absolute atomic E-state index is 13.0. The van der Waals surface area contributed by atoms with Crippen LogP contribution in [0.1, 0.15) is 20.3 Å². The molecule has 1 aliphatic rings. The van der Waals surface area contributed by atoms with Crippen molar-refractivity contribution in [3.63, 3.8) is 0 Å². The third kappa shape index (κ3) is 5.69. The Hall–Kier alpha value is -1.12. The smallest absolute Gasteiger partial charge is 0.380 e. The predicted octanol–water partition coefficient (Wildman–Crippen LogP) is 3.22. The number of esters is 1. The van der Waals surface area contributed by atoms with E-state index in [9.17, 15) is 14.2 Å². The molecular formula is C17H23INO6P. The van der Waals surface area contributed by atoms with E-state index in [2.05, 4.69) is 32.6 Å². The largest absolute Gasteiger partial charge is 0.469 e. The average molecular weight is 495 g/mol. The molecule has 1 saturated heterocycles. The van der Waals surface area contributed by atoms with Crippen LogP contribution in [0.5, 0.6) is 5.75 Å². The Morgan fingerprint density at radius 3 is 2.62 bits per heavy atom. The van der Waals surface area contributed by atoms with E-state index in [1.54, 1.807) is 12.1 Å². The number of halogens is 1.